The first-order valence-corrected chi connectivity index (χ1v) is 6.59. The van der Waals surface area contributed by atoms with Gasteiger partial charge in [-0.15, -0.1) is 0 Å². The van der Waals surface area contributed by atoms with Gasteiger partial charge in [-0.05, 0) is 37.5 Å². The van der Waals surface area contributed by atoms with E-state index in [1.807, 2.05) is 19.9 Å². The van der Waals surface area contributed by atoms with Gasteiger partial charge in [0.2, 0.25) is 11.8 Å². The van der Waals surface area contributed by atoms with Crippen LogP contribution in [0.3, 0.4) is 0 Å². The predicted octanol–water partition coefficient (Wildman–Crippen LogP) is 1.07. The molecule has 0 aromatic heterocycles. The summed E-state index contributed by atoms with van der Waals surface area (Å²) in [7, 11) is 0. The molecule has 2 amide bonds. The molecular formula is C15H20N2O4. The zero-order valence-corrected chi connectivity index (χ0v) is 12.6. The fourth-order valence-electron chi connectivity index (χ4n) is 1.87. The van der Waals surface area contributed by atoms with E-state index in [1.165, 1.54) is 13.8 Å². The molecule has 0 bridgehead atoms. The number of carboxylic acid groups (broad SMARTS) is 1. The van der Waals surface area contributed by atoms with Crippen LogP contribution in [0.25, 0.3) is 0 Å². The van der Waals surface area contributed by atoms with Crippen LogP contribution in [0.1, 0.15) is 36.6 Å². The number of carboxylic acids is 1. The van der Waals surface area contributed by atoms with E-state index in [9.17, 15) is 19.5 Å². The van der Waals surface area contributed by atoms with E-state index in [0.717, 1.165) is 11.1 Å². The van der Waals surface area contributed by atoms with Gasteiger partial charge >= 0.3 is 5.97 Å². The molecule has 6 nitrogen and oxygen atoms in total. The monoisotopic (exact) mass is 292 g/mol. The topological polar surface area (TPSA) is 95.5 Å². The van der Waals surface area contributed by atoms with E-state index in [1.54, 1.807) is 12.1 Å². The fraction of sp³-hybridized carbons (Fsp3) is 0.400. The lowest BCUT2D eigenvalue weighted by Gasteiger charge is -2.19. The minimum Gasteiger partial charge on any atom is -0.479 e. The molecule has 1 aromatic carbocycles. The van der Waals surface area contributed by atoms with Gasteiger partial charge in [0.25, 0.3) is 0 Å². The summed E-state index contributed by atoms with van der Waals surface area (Å²) in [5.74, 6) is -2.05. The summed E-state index contributed by atoms with van der Waals surface area (Å²) >= 11 is 0. The Morgan fingerprint density at radius 3 is 2.19 bits per heavy atom. The van der Waals surface area contributed by atoms with Gasteiger partial charge in [-0.3, -0.25) is 9.59 Å². The van der Waals surface area contributed by atoms with Gasteiger partial charge in [0.1, 0.15) is 6.04 Å². The van der Waals surface area contributed by atoms with E-state index in [0.29, 0.717) is 5.56 Å². The summed E-state index contributed by atoms with van der Waals surface area (Å²) in [6.45, 7) is 6.59. The Bertz CT molecular complexity index is 569. The molecule has 21 heavy (non-hydrogen) atoms. The lowest BCUT2D eigenvalue weighted by atomic mass is 10.0. The van der Waals surface area contributed by atoms with Crippen molar-refractivity contribution in [1.29, 1.82) is 0 Å². The minimum atomic E-state index is -1.15. The summed E-state index contributed by atoms with van der Waals surface area (Å²) in [6.07, 6.45) is 0. The Balaban J connectivity index is 2.92. The van der Waals surface area contributed by atoms with E-state index >= 15 is 0 Å². The Kier molecular flexibility index (Phi) is 5.46. The number of benzene rings is 1. The molecule has 2 atom stereocenters. The van der Waals surface area contributed by atoms with E-state index in [4.69, 9.17) is 0 Å². The van der Waals surface area contributed by atoms with Crippen molar-refractivity contribution >= 4 is 17.8 Å². The molecule has 1 rings (SSSR count). The number of hydrogen-bond acceptors (Lipinski definition) is 3. The Labute approximate surface area is 123 Å². The van der Waals surface area contributed by atoms with Crippen molar-refractivity contribution in [3.05, 3.63) is 34.9 Å². The molecule has 2 unspecified atom stereocenters. The number of hydrogen-bond donors (Lipinski definition) is 3. The van der Waals surface area contributed by atoms with Crippen LogP contribution >= 0.6 is 0 Å². The smallest absolute Gasteiger partial charge is 0.330 e. The molecule has 0 aliphatic heterocycles. The number of aliphatic carboxylic acids is 1. The van der Waals surface area contributed by atoms with Gasteiger partial charge in [0.05, 0.1) is 0 Å². The van der Waals surface area contributed by atoms with Crippen molar-refractivity contribution < 1.29 is 19.5 Å². The van der Waals surface area contributed by atoms with E-state index in [2.05, 4.69) is 10.6 Å². The molecule has 0 radical (unpaired) electrons. The lowest BCUT2D eigenvalue weighted by molar-refractivity contribution is -0.142. The SMILES string of the molecule is CC(=O)NC(C)C(=O)NC(C(=O)O)c1ccc(C)c(C)c1. The molecule has 0 fully saturated rings. The maximum atomic E-state index is 11.9. The van der Waals surface area contributed by atoms with E-state index in [-0.39, 0.29) is 5.91 Å². The van der Waals surface area contributed by atoms with Crippen LogP contribution in [0.15, 0.2) is 18.2 Å². The molecule has 0 aliphatic rings. The number of rotatable bonds is 5. The zero-order chi connectivity index (χ0) is 16.2. The van der Waals surface area contributed by atoms with Crippen molar-refractivity contribution in [2.45, 2.75) is 39.8 Å². The summed E-state index contributed by atoms with van der Waals surface area (Å²) in [6, 6.07) is 3.27. The molecule has 0 aliphatic carbocycles. The number of carbonyl (C=O) groups excluding carboxylic acids is 2. The highest BCUT2D eigenvalue weighted by Gasteiger charge is 2.25. The van der Waals surface area contributed by atoms with Crippen molar-refractivity contribution in [1.82, 2.24) is 10.6 Å². The summed E-state index contributed by atoms with van der Waals surface area (Å²) in [5, 5.41) is 14.1. The first-order chi connectivity index (χ1) is 9.72. The van der Waals surface area contributed by atoms with Crippen molar-refractivity contribution in [2.24, 2.45) is 0 Å². The van der Waals surface area contributed by atoms with Gasteiger partial charge in [0.15, 0.2) is 6.04 Å². The second kappa shape index (κ2) is 6.88. The van der Waals surface area contributed by atoms with Gasteiger partial charge in [0, 0.05) is 6.92 Å². The molecule has 0 saturated heterocycles. The third kappa shape index (κ3) is 4.59. The minimum absolute atomic E-state index is 0.351. The highest BCUT2D eigenvalue weighted by Crippen LogP contribution is 2.17. The first-order valence-electron chi connectivity index (χ1n) is 6.59. The van der Waals surface area contributed by atoms with Gasteiger partial charge in [-0.2, -0.15) is 0 Å². The fourth-order valence-corrected chi connectivity index (χ4v) is 1.87. The predicted molar refractivity (Wildman–Crippen MR) is 77.7 cm³/mol. The second-order valence-corrected chi connectivity index (χ2v) is 5.05. The average molecular weight is 292 g/mol. The van der Waals surface area contributed by atoms with Gasteiger partial charge in [-0.25, -0.2) is 4.79 Å². The van der Waals surface area contributed by atoms with Crippen LogP contribution in [-0.2, 0) is 14.4 Å². The molecule has 1 aromatic rings. The average Bonchev–Trinajstić information content (AvgIpc) is 2.37. The molecule has 0 spiro atoms. The third-order valence-corrected chi connectivity index (χ3v) is 3.21. The molecule has 114 valence electrons. The maximum absolute atomic E-state index is 11.9. The second-order valence-electron chi connectivity index (χ2n) is 5.05. The standard InChI is InChI=1S/C15H20N2O4/c1-8-5-6-12(7-9(8)2)13(15(20)21)17-14(19)10(3)16-11(4)18/h5-7,10,13H,1-4H3,(H,16,18)(H,17,19)(H,20,21). The van der Waals surface area contributed by atoms with Gasteiger partial charge in [-0.1, -0.05) is 18.2 Å². The van der Waals surface area contributed by atoms with E-state index < -0.39 is 24.0 Å². The number of aryl methyl sites for hydroxylation is 2. The van der Waals surface area contributed by atoms with Crippen LogP contribution in [-0.4, -0.2) is 28.9 Å². The highest BCUT2D eigenvalue weighted by atomic mass is 16.4. The Hall–Kier alpha value is -2.37. The molecular weight excluding hydrogens is 272 g/mol. The van der Waals surface area contributed by atoms with Crippen LogP contribution in [0.2, 0.25) is 0 Å². The molecule has 0 saturated carbocycles. The molecule has 3 N–H and O–H groups in total. The van der Waals surface area contributed by atoms with Crippen molar-refractivity contribution in [3.8, 4) is 0 Å². The normalized spacial score (nSPS) is 13.1. The Morgan fingerprint density at radius 2 is 1.71 bits per heavy atom. The van der Waals surface area contributed by atoms with Crippen LogP contribution in [0.4, 0.5) is 0 Å². The molecule has 6 heteroatoms. The van der Waals surface area contributed by atoms with Crippen LogP contribution in [0.5, 0.6) is 0 Å². The zero-order valence-electron chi connectivity index (χ0n) is 12.6. The third-order valence-electron chi connectivity index (χ3n) is 3.21. The van der Waals surface area contributed by atoms with Crippen LogP contribution < -0.4 is 10.6 Å². The van der Waals surface area contributed by atoms with Gasteiger partial charge < -0.3 is 15.7 Å². The van der Waals surface area contributed by atoms with Crippen LogP contribution in [0, 0.1) is 13.8 Å². The summed E-state index contributed by atoms with van der Waals surface area (Å²) in [5.41, 5.74) is 2.48. The highest BCUT2D eigenvalue weighted by molar-refractivity contribution is 5.90. The maximum Gasteiger partial charge on any atom is 0.330 e. The summed E-state index contributed by atoms with van der Waals surface area (Å²) < 4.78 is 0. The number of amides is 2. The lowest BCUT2D eigenvalue weighted by Crippen LogP contribution is -2.46. The number of nitrogens with one attached hydrogen (secondary N) is 2. The summed E-state index contributed by atoms with van der Waals surface area (Å²) in [4.78, 5) is 34.2. The van der Waals surface area contributed by atoms with Crippen molar-refractivity contribution in [3.63, 3.8) is 0 Å². The first kappa shape index (κ1) is 16.7. The van der Waals surface area contributed by atoms with Crippen molar-refractivity contribution in [2.75, 3.05) is 0 Å². The molecule has 0 heterocycles. The number of carbonyl (C=O) groups is 3. The largest absolute Gasteiger partial charge is 0.479 e. The Morgan fingerprint density at radius 1 is 1.10 bits per heavy atom. The quantitative estimate of drug-likeness (QED) is 0.756.